The average molecular weight is 337 g/mol. The number of ether oxygens (including phenoxy) is 2. The lowest BCUT2D eigenvalue weighted by molar-refractivity contribution is -0.143. The molecular formula is C20H19NO4. The Morgan fingerprint density at radius 2 is 1.80 bits per heavy atom. The number of rotatable bonds is 7. The lowest BCUT2D eigenvalue weighted by atomic mass is 10.2. The molecule has 5 heteroatoms. The van der Waals surface area contributed by atoms with Gasteiger partial charge in [0.05, 0.1) is 0 Å². The quantitative estimate of drug-likeness (QED) is 0.622. The van der Waals surface area contributed by atoms with Crippen LogP contribution in [0, 0.1) is 0 Å². The van der Waals surface area contributed by atoms with Crippen LogP contribution in [0.25, 0.3) is 6.08 Å². The second-order valence-corrected chi connectivity index (χ2v) is 5.77. The number of nitrogens with one attached hydrogen (secondary N) is 1. The Morgan fingerprint density at radius 3 is 2.56 bits per heavy atom. The largest absolute Gasteiger partial charge is 0.457 e. The molecule has 25 heavy (non-hydrogen) atoms. The van der Waals surface area contributed by atoms with E-state index in [-0.39, 0.29) is 18.6 Å². The summed E-state index contributed by atoms with van der Waals surface area (Å²) in [6.45, 7) is -0.253. The minimum atomic E-state index is -0.555. The first-order chi connectivity index (χ1) is 12.2. The number of amides is 1. The summed E-state index contributed by atoms with van der Waals surface area (Å²) in [4.78, 5) is 23.1. The molecule has 0 saturated heterocycles. The van der Waals surface area contributed by atoms with Crippen molar-refractivity contribution in [2.24, 2.45) is 0 Å². The second-order valence-electron chi connectivity index (χ2n) is 5.77. The summed E-state index contributed by atoms with van der Waals surface area (Å²) >= 11 is 0. The monoisotopic (exact) mass is 337 g/mol. The van der Waals surface area contributed by atoms with Gasteiger partial charge in [0.25, 0.3) is 5.91 Å². The third-order valence-electron chi connectivity index (χ3n) is 3.54. The third kappa shape index (κ3) is 5.80. The van der Waals surface area contributed by atoms with Gasteiger partial charge in [0.2, 0.25) is 0 Å². The Balaban J connectivity index is 1.51. The Morgan fingerprint density at radius 1 is 1.04 bits per heavy atom. The number of hydrogen-bond acceptors (Lipinski definition) is 4. The van der Waals surface area contributed by atoms with E-state index < -0.39 is 5.97 Å². The van der Waals surface area contributed by atoms with Crippen LogP contribution in [-0.4, -0.2) is 24.5 Å². The van der Waals surface area contributed by atoms with Crippen molar-refractivity contribution in [1.29, 1.82) is 0 Å². The van der Waals surface area contributed by atoms with Crippen molar-refractivity contribution in [3.05, 3.63) is 66.2 Å². The number of esters is 1. The molecule has 1 saturated carbocycles. The van der Waals surface area contributed by atoms with Crippen molar-refractivity contribution >= 4 is 18.0 Å². The van der Waals surface area contributed by atoms with E-state index >= 15 is 0 Å². The van der Waals surface area contributed by atoms with Crippen LogP contribution < -0.4 is 10.1 Å². The van der Waals surface area contributed by atoms with Crippen LogP contribution in [0.15, 0.2) is 60.7 Å². The molecule has 3 rings (SSSR count). The Hall–Kier alpha value is -3.08. The normalized spacial score (nSPS) is 13.4. The van der Waals surface area contributed by atoms with Gasteiger partial charge in [0.1, 0.15) is 11.5 Å². The van der Waals surface area contributed by atoms with E-state index in [0.29, 0.717) is 5.75 Å². The van der Waals surface area contributed by atoms with Crippen LogP contribution in [0.2, 0.25) is 0 Å². The molecule has 0 bridgehead atoms. The van der Waals surface area contributed by atoms with Crippen molar-refractivity contribution in [3.63, 3.8) is 0 Å². The molecular weight excluding hydrogens is 318 g/mol. The lowest BCUT2D eigenvalue weighted by Crippen LogP contribution is -2.30. The molecule has 5 nitrogen and oxygen atoms in total. The number of carbonyl (C=O) groups is 2. The Bertz CT molecular complexity index is 766. The molecule has 0 heterocycles. The molecule has 0 atom stereocenters. The van der Waals surface area contributed by atoms with Gasteiger partial charge < -0.3 is 14.8 Å². The van der Waals surface area contributed by atoms with E-state index in [1.807, 2.05) is 54.6 Å². The summed E-state index contributed by atoms with van der Waals surface area (Å²) in [6, 6.07) is 17.0. The van der Waals surface area contributed by atoms with Crippen LogP contribution in [0.5, 0.6) is 11.5 Å². The van der Waals surface area contributed by atoms with E-state index in [1.54, 1.807) is 6.08 Å². The number of carbonyl (C=O) groups excluding carboxylic acids is 2. The minimum absolute atomic E-state index is 0.253. The summed E-state index contributed by atoms with van der Waals surface area (Å²) in [5.41, 5.74) is 0.799. The van der Waals surface area contributed by atoms with Crippen molar-refractivity contribution in [1.82, 2.24) is 5.32 Å². The first-order valence-electron chi connectivity index (χ1n) is 8.16. The lowest BCUT2D eigenvalue weighted by Gasteiger charge is -2.06. The van der Waals surface area contributed by atoms with Gasteiger partial charge in [-0.15, -0.1) is 0 Å². The molecule has 0 radical (unpaired) electrons. The molecule has 0 spiro atoms. The fraction of sp³-hybridized carbons (Fsp3) is 0.200. The van der Waals surface area contributed by atoms with Crippen LogP contribution in [0.1, 0.15) is 18.4 Å². The average Bonchev–Trinajstić information content (AvgIpc) is 3.43. The highest BCUT2D eigenvalue weighted by Crippen LogP contribution is 2.22. The smallest absolute Gasteiger partial charge is 0.331 e. The highest BCUT2D eigenvalue weighted by atomic mass is 16.5. The predicted molar refractivity (Wildman–Crippen MR) is 94.1 cm³/mol. The molecule has 1 fully saturated rings. The maximum absolute atomic E-state index is 11.7. The molecule has 1 N–H and O–H groups in total. The van der Waals surface area contributed by atoms with Crippen LogP contribution >= 0.6 is 0 Å². The van der Waals surface area contributed by atoms with E-state index in [9.17, 15) is 9.59 Å². The predicted octanol–water partition coefficient (Wildman–Crippen LogP) is 3.31. The Labute approximate surface area is 146 Å². The van der Waals surface area contributed by atoms with Crippen molar-refractivity contribution in [3.8, 4) is 11.5 Å². The summed E-state index contributed by atoms with van der Waals surface area (Å²) in [5, 5.41) is 2.76. The number of benzene rings is 2. The zero-order valence-electron chi connectivity index (χ0n) is 13.7. The second kappa shape index (κ2) is 8.15. The number of para-hydroxylation sites is 1. The standard InChI is InChI=1S/C20H19NO4/c22-19(21-16-10-11-16)14-24-20(23)12-9-15-5-4-8-18(13-15)25-17-6-2-1-3-7-17/h1-9,12-13,16H,10-11,14H2,(H,21,22)/b12-9+. The molecule has 128 valence electrons. The summed E-state index contributed by atoms with van der Waals surface area (Å²) in [7, 11) is 0. The SMILES string of the molecule is O=C(COC(=O)/C=C/c1cccc(Oc2ccccc2)c1)NC1CC1. The summed E-state index contributed by atoms with van der Waals surface area (Å²) < 4.78 is 10.7. The van der Waals surface area contributed by atoms with E-state index in [0.717, 1.165) is 24.2 Å². The van der Waals surface area contributed by atoms with Gasteiger partial charge in [-0.1, -0.05) is 30.3 Å². The molecule has 0 aromatic heterocycles. The van der Waals surface area contributed by atoms with E-state index in [1.165, 1.54) is 6.08 Å². The molecule has 0 unspecified atom stereocenters. The van der Waals surface area contributed by atoms with Gasteiger partial charge in [-0.3, -0.25) is 4.79 Å². The fourth-order valence-corrected chi connectivity index (χ4v) is 2.15. The summed E-state index contributed by atoms with van der Waals surface area (Å²) in [5.74, 6) is 0.595. The van der Waals surface area contributed by atoms with Gasteiger partial charge in [0, 0.05) is 12.1 Å². The first-order valence-corrected chi connectivity index (χ1v) is 8.16. The molecule has 1 aliphatic rings. The van der Waals surface area contributed by atoms with Gasteiger partial charge in [0.15, 0.2) is 6.61 Å². The van der Waals surface area contributed by atoms with Crippen LogP contribution in [-0.2, 0) is 14.3 Å². The minimum Gasteiger partial charge on any atom is -0.457 e. The zero-order chi connectivity index (χ0) is 17.5. The van der Waals surface area contributed by atoms with Crippen molar-refractivity contribution in [2.45, 2.75) is 18.9 Å². The zero-order valence-corrected chi connectivity index (χ0v) is 13.7. The highest BCUT2D eigenvalue weighted by molar-refractivity contribution is 5.89. The number of hydrogen-bond donors (Lipinski definition) is 1. The molecule has 0 aliphatic heterocycles. The topological polar surface area (TPSA) is 64.6 Å². The van der Waals surface area contributed by atoms with Crippen LogP contribution in [0.3, 0.4) is 0 Å². The van der Waals surface area contributed by atoms with Gasteiger partial charge in [-0.05, 0) is 48.7 Å². The fourth-order valence-electron chi connectivity index (χ4n) is 2.15. The highest BCUT2D eigenvalue weighted by Gasteiger charge is 2.23. The maximum atomic E-state index is 11.7. The van der Waals surface area contributed by atoms with Crippen molar-refractivity contribution < 1.29 is 19.1 Å². The van der Waals surface area contributed by atoms with Crippen LogP contribution in [0.4, 0.5) is 0 Å². The molecule has 2 aromatic rings. The van der Waals surface area contributed by atoms with Gasteiger partial charge in [-0.25, -0.2) is 4.79 Å². The van der Waals surface area contributed by atoms with Gasteiger partial charge in [-0.2, -0.15) is 0 Å². The first kappa shape index (κ1) is 16.8. The van der Waals surface area contributed by atoms with Gasteiger partial charge >= 0.3 is 5.97 Å². The van der Waals surface area contributed by atoms with Crippen molar-refractivity contribution in [2.75, 3.05) is 6.61 Å². The third-order valence-corrected chi connectivity index (χ3v) is 3.54. The van der Waals surface area contributed by atoms with E-state index in [4.69, 9.17) is 9.47 Å². The van der Waals surface area contributed by atoms with E-state index in [2.05, 4.69) is 5.32 Å². The maximum Gasteiger partial charge on any atom is 0.331 e. The summed E-state index contributed by atoms with van der Waals surface area (Å²) in [6.07, 6.45) is 4.92. The molecule has 1 amide bonds. The molecule has 1 aliphatic carbocycles. The Kier molecular flexibility index (Phi) is 5.46. The molecule has 2 aromatic carbocycles.